The average Bonchev–Trinajstić information content (AvgIpc) is 3.08. The van der Waals surface area contributed by atoms with Gasteiger partial charge in [-0.3, -0.25) is 9.69 Å². The van der Waals surface area contributed by atoms with Gasteiger partial charge < -0.3 is 24.6 Å². The van der Waals surface area contributed by atoms with Crippen molar-refractivity contribution in [1.29, 1.82) is 0 Å². The second-order valence-corrected chi connectivity index (χ2v) is 9.36. The Kier molecular flexibility index (Phi) is 7.49. The van der Waals surface area contributed by atoms with E-state index >= 15 is 0 Å². The van der Waals surface area contributed by atoms with Gasteiger partial charge in [-0.15, -0.1) is 0 Å². The summed E-state index contributed by atoms with van der Waals surface area (Å²) in [5, 5.41) is 3.39. The Morgan fingerprint density at radius 1 is 1.09 bits per heavy atom. The molecule has 188 valence electrons. The molecule has 1 N–H and O–H groups in total. The van der Waals surface area contributed by atoms with Crippen molar-refractivity contribution in [2.24, 2.45) is 0 Å². The Hall–Kier alpha value is -3.10. The van der Waals surface area contributed by atoms with E-state index in [1.807, 2.05) is 35.4 Å². The Bertz CT molecular complexity index is 1030. The molecule has 0 aliphatic carbocycles. The molecule has 0 saturated carbocycles. The maximum absolute atomic E-state index is 11.2. The molecule has 1 aromatic carbocycles. The smallest absolute Gasteiger partial charge is 0.246 e. The fourth-order valence-corrected chi connectivity index (χ4v) is 5.08. The van der Waals surface area contributed by atoms with Crippen molar-refractivity contribution in [2.75, 3.05) is 62.7 Å². The van der Waals surface area contributed by atoms with E-state index in [0.717, 1.165) is 62.2 Å². The molecular weight excluding hydrogens is 442 g/mol. The summed E-state index contributed by atoms with van der Waals surface area (Å²) >= 11 is 0. The Labute approximate surface area is 209 Å². The summed E-state index contributed by atoms with van der Waals surface area (Å²) in [7, 11) is 0. The number of anilines is 3. The zero-order valence-corrected chi connectivity index (χ0v) is 20.3. The number of rotatable bonds is 3. The number of nitrogens with one attached hydrogen (secondary N) is 1. The van der Waals surface area contributed by atoms with Crippen LogP contribution in [0.15, 0.2) is 49.2 Å². The minimum absolute atomic E-state index is 0. The number of fused-ring (bicyclic) bond motifs is 2. The second-order valence-electron chi connectivity index (χ2n) is 9.36. The van der Waals surface area contributed by atoms with Crippen molar-refractivity contribution in [3.05, 3.63) is 54.7 Å². The first kappa shape index (κ1) is 23.6. The number of carbonyl (C=O) groups excluding carboxylic acids is 1. The topological polar surface area (TPSA) is 70.2 Å². The van der Waals surface area contributed by atoms with Crippen LogP contribution in [-0.4, -0.2) is 79.2 Å². The van der Waals surface area contributed by atoms with Crippen molar-refractivity contribution in [3.8, 4) is 5.75 Å². The third-order valence-corrected chi connectivity index (χ3v) is 7.15. The molecule has 8 heteroatoms. The summed E-state index contributed by atoms with van der Waals surface area (Å²) in [5.74, 6) is 1.82. The molecule has 0 bridgehead atoms. The van der Waals surface area contributed by atoms with Gasteiger partial charge in [-0.05, 0) is 50.2 Å². The van der Waals surface area contributed by atoms with Crippen LogP contribution in [-0.2, 0) is 16.1 Å². The van der Waals surface area contributed by atoms with E-state index in [1.165, 1.54) is 44.1 Å². The van der Waals surface area contributed by atoms with Gasteiger partial charge in [0.15, 0.2) is 0 Å². The zero-order chi connectivity index (χ0) is 24.0. The number of ether oxygens (including phenoxy) is 2. The zero-order valence-electron chi connectivity index (χ0n) is 20.3. The Balaban J connectivity index is 0.000000178. The van der Waals surface area contributed by atoms with Gasteiger partial charge in [-0.1, -0.05) is 25.1 Å². The summed E-state index contributed by atoms with van der Waals surface area (Å²) in [6.45, 7) is 11.6. The van der Waals surface area contributed by atoms with E-state index in [0.29, 0.717) is 12.6 Å². The van der Waals surface area contributed by atoms with Gasteiger partial charge >= 0.3 is 0 Å². The van der Waals surface area contributed by atoms with Crippen molar-refractivity contribution < 1.29 is 15.7 Å². The molecule has 4 aliphatic heterocycles. The number of pyridine rings is 1. The van der Waals surface area contributed by atoms with Gasteiger partial charge in [0.1, 0.15) is 18.2 Å². The lowest BCUT2D eigenvalue weighted by atomic mass is 10.0. The Morgan fingerprint density at radius 3 is 2.63 bits per heavy atom. The van der Waals surface area contributed by atoms with E-state index < -0.39 is 0 Å². The van der Waals surface area contributed by atoms with Gasteiger partial charge in [0.2, 0.25) is 5.91 Å². The molecule has 0 unspecified atom stereocenters. The molecule has 0 radical (unpaired) electrons. The highest BCUT2D eigenvalue weighted by Crippen LogP contribution is 2.36. The van der Waals surface area contributed by atoms with Gasteiger partial charge in [0, 0.05) is 45.5 Å². The standard InChI is InChI=1S/C16H17N3O2.C11H18N2O.H2/c1-2-4-15-13(3-1)18-16-12(11-21-15)14(5-6-17-16)19-7-9-20-10-8-19;1-2-11(14)13-8-10(9-13)12-6-4-3-5-7-12;/h1-6H,7-11H2,(H,17,18);2,10H,1,3-9H2;1H. The highest BCUT2D eigenvalue weighted by atomic mass is 16.5. The number of amides is 1. The fourth-order valence-electron chi connectivity index (χ4n) is 5.08. The second kappa shape index (κ2) is 11.1. The number of hydrogen-bond acceptors (Lipinski definition) is 7. The first-order chi connectivity index (χ1) is 17.2. The predicted molar refractivity (Wildman–Crippen MR) is 139 cm³/mol. The lowest BCUT2D eigenvalue weighted by Gasteiger charge is -2.46. The van der Waals surface area contributed by atoms with Crippen molar-refractivity contribution >= 4 is 23.1 Å². The van der Waals surface area contributed by atoms with Crippen LogP contribution in [0.3, 0.4) is 0 Å². The van der Waals surface area contributed by atoms with Crippen LogP contribution in [0.5, 0.6) is 5.75 Å². The molecule has 1 aromatic heterocycles. The van der Waals surface area contributed by atoms with E-state index in [2.05, 4.69) is 32.7 Å². The predicted octanol–water partition coefficient (Wildman–Crippen LogP) is 3.67. The van der Waals surface area contributed by atoms with Crippen molar-refractivity contribution in [2.45, 2.75) is 31.9 Å². The third kappa shape index (κ3) is 5.44. The molecule has 35 heavy (non-hydrogen) atoms. The van der Waals surface area contributed by atoms with Crippen LogP contribution in [0, 0.1) is 0 Å². The molecular formula is C27H37N5O3. The number of para-hydroxylation sites is 2. The molecule has 5 heterocycles. The number of likely N-dealkylation sites (tertiary alicyclic amines) is 2. The van der Waals surface area contributed by atoms with Crippen LogP contribution >= 0.6 is 0 Å². The summed E-state index contributed by atoms with van der Waals surface area (Å²) in [6.07, 6.45) is 7.29. The quantitative estimate of drug-likeness (QED) is 0.674. The largest absolute Gasteiger partial charge is 0.487 e. The number of hydrogen-bond donors (Lipinski definition) is 1. The van der Waals surface area contributed by atoms with Crippen LogP contribution in [0.25, 0.3) is 0 Å². The molecule has 3 saturated heterocycles. The summed E-state index contributed by atoms with van der Waals surface area (Å²) < 4.78 is 11.4. The number of nitrogens with zero attached hydrogens (tertiary/aromatic N) is 4. The monoisotopic (exact) mass is 479 g/mol. The highest BCUT2D eigenvalue weighted by Gasteiger charge is 2.33. The van der Waals surface area contributed by atoms with Gasteiger partial charge in [0.25, 0.3) is 0 Å². The van der Waals surface area contributed by atoms with E-state index in [4.69, 9.17) is 9.47 Å². The van der Waals surface area contributed by atoms with E-state index in [1.54, 1.807) is 0 Å². The molecule has 6 rings (SSSR count). The minimum atomic E-state index is 0. The van der Waals surface area contributed by atoms with Gasteiger partial charge in [-0.25, -0.2) is 4.98 Å². The fraction of sp³-hybridized carbons (Fsp3) is 0.481. The minimum Gasteiger partial charge on any atom is -0.487 e. The molecule has 3 fully saturated rings. The lowest BCUT2D eigenvalue weighted by Crippen LogP contribution is -2.61. The number of benzene rings is 1. The molecule has 0 atom stereocenters. The first-order valence-electron chi connectivity index (χ1n) is 12.7. The van der Waals surface area contributed by atoms with Crippen molar-refractivity contribution in [3.63, 3.8) is 0 Å². The maximum atomic E-state index is 11.2. The number of piperidine rings is 1. The highest BCUT2D eigenvalue weighted by molar-refractivity contribution is 5.87. The lowest BCUT2D eigenvalue weighted by molar-refractivity contribution is -0.133. The number of morpholine rings is 1. The molecule has 0 spiro atoms. The maximum Gasteiger partial charge on any atom is 0.246 e. The van der Waals surface area contributed by atoms with Crippen LogP contribution < -0.4 is 15.0 Å². The van der Waals surface area contributed by atoms with Crippen LogP contribution in [0.4, 0.5) is 17.2 Å². The number of aromatic nitrogens is 1. The summed E-state index contributed by atoms with van der Waals surface area (Å²) in [5.41, 5.74) is 3.25. The van der Waals surface area contributed by atoms with Crippen LogP contribution in [0.1, 0.15) is 26.3 Å². The molecule has 1 amide bonds. The normalized spacial score (nSPS) is 20.0. The van der Waals surface area contributed by atoms with Crippen LogP contribution in [0.2, 0.25) is 0 Å². The van der Waals surface area contributed by atoms with E-state index in [-0.39, 0.29) is 7.33 Å². The summed E-state index contributed by atoms with van der Waals surface area (Å²) in [4.78, 5) is 22.4. The van der Waals surface area contributed by atoms with Gasteiger partial charge in [0.05, 0.1) is 24.5 Å². The SMILES string of the molecule is C=CC(=O)N1CC(N2CCCCC2)C1.[HH].c1ccc2c(c1)Nc1nccc(N3CCOCC3)c1CO2. The van der Waals surface area contributed by atoms with Crippen molar-refractivity contribution in [1.82, 2.24) is 14.8 Å². The first-order valence-corrected chi connectivity index (χ1v) is 12.7. The van der Waals surface area contributed by atoms with Gasteiger partial charge in [-0.2, -0.15) is 0 Å². The molecule has 2 aromatic rings. The third-order valence-electron chi connectivity index (χ3n) is 7.15. The molecule has 4 aliphatic rings. The average molecular weight is 480 g/mol. The Morgan fingerprint density at radius 2 is 1.86 bits per heavy atom. The van der Waals surface area contributed by atoms with E-state index in [9.17, 15) is 4.79 Å². The summed E-state index contributed by atoms with van der Waals surface area (Å²) in [6, 6.07) is 10.6. The molecule has 8 nitrogen and oxygen atoms in total. The number of carbonyl (C=O) groups is 1.